The standard InChI is InChI=1S/C17H15N3OS/c1-3-9-20(14-7-5-4-6-8-14)17(21)13-10-15-12(2)19-22-16(15)18-11-13/h3-8,10-11H,1,9H2,2H3. The zero-order chi connectivity index (χ0) is 15.5. The molecule has 4 nitrogen and oxygen atoms in total. The normalized spacial score (nSPS) is 10.6. The molecule has 0 aliphatic carbocycles. The topological polar surface area (TPSA) is 46.1 Å². The summed E-state index contributed by atoms with van der Waals surface area (Å²) in [5.74, 6) is -0.0916. The summed E-state index contributed by atoms with van der Waals surface area (Å²) in [6, 6.07) is 11.4. The molecule has 0 unspecified atom stereocenters. The molecule has 0 radical (unpaired) electrons. The fraction of sp³-hybridized carbons (Fsp3) is 0.118. The van der Waals surface area contributed by atoms with Crippen LogP contribution >= 0.6 is 11.5 Å². The van der Waals surface area contributed by atoms with E-state index in [9.17, 15) is 4.79 Å². The van der Waals surface area contributed by atoms with Gasteiger partial charge in [-0.05, 0) is 36.7 Å². The monoisotopic (exact) mass is 309 g/mol. The molecule has 3 rings (SSSR count). The molecule has 0 atom stereocenters. The Hall–Kier alpha value is -2.53. The summed E-state index contributed by atoms with van der Waals surface area (Å²) in [5, 5.41) is 0.933. The number of carbonyl (C=O) groups excluding carboxylic acids is 1. The zero-order valence-corrected chi connectivity index (χ0v) is 13.0. The Morgan fingerprint density at radius 1 is 1.36 bits per heavy atom. The van der Waals surface area contributed by atoms with Gasteiger partial charge in [-0.3, -0.25) is 4.79 Å². The van der Waals surface area contributed by atoms with E-state index in [4.69, 9.17) is 0 Å². The Bertz CT molecular complexity index is 826. The fourth-order valence-electron chi connectivity index (χ4n) is 2.26. The van der Waals surface area contributed by atoms with Crippen LogP contribution in [0.25, 0.3) is 10.2 Å². The van der Waals surface area contributed by atoms with Crippen LogP contribution in [0.2, 0.25) is 0 Å². The van der Waals surface area contributed by atoms with Crippen molar-refractivity contribution in [3.8, 4) is 0 Å². The van der Waals surface area contributed by atoms with E-state index in [0.29, 0.717) is 12.1 Å². The van der Waals surface area contributed by atoms with Crippen molar-refractivity contribution >= 4 is 33.3 Å². The summed E-state index contributed by atoms with van der Waals surface area (Å²) in [5.41, 5.74) is 2.30. The number of hydrogen-bond donors (Lipinski definition) is 0. The van der Waals surface area contributed by atoms with Gasteiger partial charge in [0, 0.05) is 23.8 Å². The van der Waals surface area contributed by atoms with Crippen molar-refractivity contribution in [1.82, 2.24) is 9.36 Å². The van der Waals surface area contributed by atoms with E-state index in [1.807, 2.05) is 43.3 Å². The van der Waals surface area contributed by atoms with E-state index in [0.717, 1.165) is 21.6 Å². The van der Waals surface area contributed by atoms with Gasteiger partial charge in [0.25, 0.3) is 5.91 Å². The van der Waals surface area contributed by atoms with E-state index in [1.165, 1.54) is 11.5 Å². The minimum atomic E-state index is -0.0916. The van der Waals surface area contributed by atoms with Gasteiger partial charge >= 0.3 is 0 Å². The van der Waals surface area contributed by atoms with Crippen LogP contribution in [0, 0.1) is 6.92 Å². The summed E-state index contributed by atoms with van der Waals surface area (Å²) < 4.78 is 4.27. The Balaban J connectivity index is 2.01. The number of anilines is 1. The van der Waals surface area contributed by atoms with Crippen LogP contribution in [0.4, 0.5) is 5.69 Å². The Kier molecular flexibility index (Phi) is 3.98. The summed E-state index contributed by atoms with van der Waals surface area (Å²) >= 11 is 1.35. The van der Waals surface area contributed by atoms with E-state index >= 15 is 0 Å². The molecule has 0 aliphatic heterocycles. The summed E-state index contributed by atoms with van der Waals surface area (Å²) in [7, 11) is 0. The van der Waals surface area contributed by atoms with E-state index in [1.54, 1.807) is 17.2 Å². The van der Waals surface area contributed by atoms with Gasteiger partial charge < -0.3 is 4.90 Å². The van der Waals surface area contributed by atoms with Crippen molar-refractivity contribution in [3.05, 3.63) is 66.5 Å². The summed E-state index contributed by atoms with van der Waals surface area (Å²) in [4.78, 5) is 19.7. The van der Waals surface area contributed by atoms with Crippen LogP contribution in [0.3, 0.4) is 0 Å². The van der Waals surface area contributed by atoms with Crippen LogP contribution < -0.4 is 4.90 Å². The van der Waals surface area contributed by atoms with Crippen LogP contribution in [0.15, 0.2) is 55.3 Å². The first-order valence-corrected chi connectivity index (χ1v) is 7.68. The lowest BCUT2D eigenvalue weighted by Gasteiger charge is -2.21. The van der Waals surface area contributed by atoms with Gasteiger partial charge in [0.15, 0.2) is 0 Å². The third-order valence-electron chi connectivity index (χ3n) is 3.38. The first kappa shape index (κ1) is 14.4. The van der Waals surface area contributed by atoms with Crippen LogP contribution in [0.5, 0.6) is 0 Å². The molecule has 2 aromatic heterocycles. The third-order valence-corrected chi connectivity index (χ3v) is 4.25. The van der Waals surface area contributed by atoms with Crippen LogP contribution in [-0.4, -0.2) is 21.8 Å². The molecule has 0 spiro atoms. The number of amides is 1. The first-order valence-electron chi connectivity index (χ1n) is 6.90. The van der Waals surface area contributed by atoms with Gasteiger partial charge in [-0.1, -0.05) is 24.3 Å². The number of benzene rings is 1. The number of aromatic nitrogens is 2. The second-order valence-electron chi connectivity index (χ2n) is 4.88. The van der Waals surface area contributed by atoms with E-state index in [2.05, 4.69) is 15.9 Å². The molecular weight excluding hydrogens is 294 g/mol. The number of para-hydroxylation sites is 1. The highest BCUT2D eigenvalue weighted by Crippen LogP contribution is 2.23. The molecule has 1 amide bonds. The molecule has 5 heteroatoms. The van der Waals surface area contributed by atoms with Crippen LogP contribution in [0.1, 0.15) is 16.1 Å². The molecule has 1 aromatic carbocycles. The average molecular weight is 309 g/mol. The Morgan fingerprint density at radius 3 is 2.86 bits per heavy atom. The van der Waals surface area contributed by atoms with Crippen molar-refractivity contribution < 1.29 is 4.79 Å². The number of hydrogen-bond acceptors (Lipinski definition) is 4. The SMILES string of the molecule is C=CCN(C(=O)c1cnc2snc(C)c2c1)c1ccccc1. The maximum atomic E-state index is 12.8. The lowest BCUT2D eigenvalue weighted by Crippen LogP contribution is -2.31. The molecule has 0 fully saturated rings. The van der Waals surface area contributed by atoms with Gasteiger partial charge in [0.2, 0.25) is 0 Å². The molecule has 3 aromatic rings. The molecule has 0 N–H and O–H groups in total. The first-order chi connectivity index (χ1) is 10.7. The molecular formula is C17H15N3OS. The molecule has 2 heterocycles. The van der Waals surface area contributed by atoms with Gasteiger partial charge in [-0.15, -0.1) is 6.58 Å². The molecule has 0 bridgehead atoms. The molecule has 0 saturated carbocycles. The van der Waals surface area contributed by atoms with Crippen molar-refractivity contribution in [3.63, 3.8) is 0 Å². The number of aryl methyl sites for hydroxylation is 1. The maximum absolute atomic E-state index is 12.8. The lowest BCUT2D eigenvalue weighted by molar-refractivity contribution is 0.0989. The molecule has 0 saturated heterocycles. The molecule has 110 valence electrons. The second kappa shape index (κ2) is 6.07. The van der Waals surface area contributed by atoms with Gasteiger partial charge in [0.05, 0.1) is 11.3 Å². The van der Waals surface area contributed by atoms with Crippen molar-refractivity contribution in [2.24, 2.45) is 0 Å². The predicted molar refractivity (Wildman–Crippen MR) is 90.5 cm³/mol. The Labute approximate surface area is 132 Å². The highest BCUT2D eigenvalue weighted by molar-refractivity contribution is 7.12. The minimum absolute atomic E-state index is 0.0916. The number of fused-ring (bicyclic) bond motifs is 1. The van der Waals surface area contributed by atoms with E-state index < -0.39 is 0 Å². The van der Waals surface area contributed by atoms with Crippen molar-refractivity contribution in [1.29, 1.82) is 0 Å². The summed E-state index contributed by atoms with van der Waals surface area (Å²) in [6.45, 7) is 6.11. The zero-order valence-electron chi connectivity index (χ0n) is 12.2. The highest BCUT2D eigenvalue weighted by atomic mass is 32.1. The predicted octanol–water partition coefficient (Wildman–Crippen LogP) is 3.83. The second-order valence-corrected chi connectivity index (χ2v) is 5.64. The maximum Gasteiger partial charge on any atom is 0.260 e. The fourth-order valence-corrected chi connectivity index (χ4v) is 2.99. The molecule has 0 aliphatic rings. The minimum Gasteiger partial charge on any atom is -0.305 e. The van der Waals surface area contributed by atoms with Crippen molar-refractivity contribution in [2.45, 2.75) is 6.92 Å². The highest BCUT2D eigenvalue weighted by Gasteiger charge is 2.18. The molecule has 22 heavy (non-hydrogen) atoms. The summed E-state index contributed by atoms with van der Waals surface area (Å²) in [6.07, 6.45) is 3.33. The van der Waals surface area contributed by atoms with Crippen LogP contribution in [-0.2, 0) is 0 Å². The number of carbonyl (C=O) groups is 1. The largest absolute Gasteiger partial charge is 0.305 e. The number of pyridine rings is 1. The van der Waals surface area contributed by atoms with Gasteiger partial charge in [-0.25, -0.2) is 4.98 Å². The van der Waals surface area contributed by atoms with Gasteiger partial charge in [-0.2, -0.15) is 4.37 Å². The average Bonchev–Trinajstić information content (AvgIpc) is 2.93. The Morgan fingerprint density at radius 2 is 2.14 bits per heavy atom. The lowest BCUT2D eigenvalue weighted by atomic mass is 10.1. The van der Waals surface area contributed by atoms with E-state index in [-0.39, 0.29) is 5.91 Å². The van der Waals surface area contributed by atoms with Gasteiger partial charge in [0.1, 0.15) is 4.83 Å². The number of nitrogens with zero attached hydrogens (tertiary/aromatic N) is 3. The third kappa shape index (κ3) is 2.63. The number of rotatable bonds is 4. The van der Waals surface area contributed by atoms with Crippen molar-refractivity contribution in [2.75, 3.05) is 11.4 Å². The smallest absolute Gasteiger partial charge is 0.260 e. The quantitative estimate of drug-likeness (QED) is 0.688.